The van der Waals surface area contributed by atoms with Gasteiger partial charge in [-0.2, -0.15) is 5.10 Å². The van der Waals surface area contributed by atoms with Crippen LogP contribution in [0.1, 0.15) is 0 Å². The maximum Gasteiger partial charge on any atom is 0.165 e. The van der Waals surface area contributed by atoms with Crippen LogP contribution >= 0.6 is 11.6 Å². The summed E-state index contributed by atoms with van der Waals surface area (Å²) in [6.07, 6.45) is 3.68. The Kier molecular flexibility index (Phi) is 3.99. The number of benzene rings is 2. The van der Waals surface area contributed by atoms with Crippen molar-refractivity contribution in [3.8, 4) is 16.9 Å². The summed E-state index contributed by atoms with van der Waals surface area (Å²) in [5.74, 6) is 1.52. The van der Waals surface area contributed by atoms with Crippen molar-refractivity contribution >= 4 is 28.8 Å². The van der Waals surface area contributed by atoms with Crippen LogP contribution < -0.4 is 10.1 Å². The topological polar surface area (TPSA) is 51.5 Å². The first kappa shape index (κ1) is 15.5. The fourth-order valence-electron chi connectivity index (χ4n) is 2.65. The Bertz CT molecular complexity index is 1040. The monoisotopic (exact) mass is 350 g/mol. The fourth-order valence-corrected chi connectivity index (χ4v) is 2.84. The van der Waals surface area contributed by atoms with Gasteiger partial charge in [0.05, 0.1) is 13.3 Å². The molecule has 1 N–H and O–H groups in total. The molecular formula is C19H15ClN4O. The molecule has 6 heteroatoms. The van der Waals surface area contributed by atoms with E-state index in [9.17, 15) is 0 Å². The molecule has 0 aliphatic carbocycles. The van der Waals surface area contributed by atoms with Gasteiger partial charge in [-0.3, -0.25) is 0 Å². The number of fused-ring (bicyclic) bond motifs is 1. The molecule has 4 rings (SSSR count). The van der Waals surface area contributed by atoms with E-state index in [1.54, 1.807) is 17.8 Å². The molecule has 25 heavy (non-hydrogen) atoms. The predicted octanol–water partition coefficient (Wildman–Crippen LogP) is 4.80. The van der Waals surface area contributed by atoms with Crippen molar-refractivity contribution in [1.29, 1.82) is 0 Å². The summed E-state index contributed by atoms with van der Waals surface area (Å²) in [4.78, 5) is 4.70. The van der Waals surface area contributed by atoms with Crippen molar-refractivity contribution in [2.24, 2.45) is 0 Å². The molecule has 0 bridgehead atoms. The normalized spacial score (nSPS) is 10.8. The zero-order valence-corrected chi connectivity index (χ0v) is 14.2. The van der Waals surface area contributed by atoms with Crippen LogP contribution in [0.25, 0.3) is 16.8 Å². The highest BCUT2D eigenvalue weighted by molar-refractivity contribution is 6.30. The molecule has 0 fully saturated rings. The van der Waals surface area contributed by atoms with Gasteiger partial charge in [-0.05, 0) is 42.0 Å². The van der Waals surface area contributed by atoms with E-state index >= 15 is 0 Å². The van der Waals surface area contributed by atoms with Gasteiger partial charge in [0.25, 0.3) is 0 Å². The minimum Gasteiger partial charge on any atom is -0.497 e. The van der Waals surface area contributed by atoms with Crippen LogP contribution in [0.2, 0.25) is 5.02 Å². The molecule has 0 atom stereocenters. The lowest BCUT2D eigenvalue weighted by Gasteiger charge is -2.07. The third-order valence-electron chi connectivity index (χ3n) is 3.85. The molecular weight excluding hydrogens is 336 g/mol. The van der Waals surface area contributed by atoms with Gasteiger partial charge in [0.15, 0.2) is 5.65 Å². The number of nitrogens with one attached hydrogen (secondary N) is 1. The van der Waals surface area contributed by atoms with E-state index in [2.05, 4.69) is 10.4 Å². The predicted molar refractivity (Wildman–Crippen MR) is 99.7 cm³/mol. The Morgan fingerprint density at radius 2 is 1.96 bits per heavy atom. The van der Waals surface area contributed by atoms with Crippen molar-refractivity contribution in [1.82, 2.24) is 14.6 Å². The summed E-state index contributed by atoms with van der Waals surface area (Å²) >= 11 is 6.04. The molecule has 5 nitrogen and oxygen atoms in total. The number of aromatic nitrogens is 3. The van der Waals surface area contributed by atoms with Crippen LogP contribution in [0, 0.1) is 0 Å². The second-order valence-corrected chi connectivity index (χ2v) is 5.94. The molecule has 2 aromatic carbocycles. The minimum absolute atomic E-state index is 0.674. The fraction of sp³-hybridized carbons (Fsp3) is 0.0526. The SMILES string of the molecule is COc1cccc(-c2cnn3ccc(Nc4cccc(Cl)c4)nc23)c1. The van der Waals surface area contributed by atoms with Gasteiger partial charge in [0, 0.05) is 22.5 Å². The first-order valence-corrected chi connectivity index (χ1v) is 8.12. The van der Waals surface area contributed by atoms with Crippen molar-refractivity contribution in [3.05, 3.63) is 72.0 Å². The van der Waals surface area contributed by atoms with Crippen LogP contribution in [0.3, 0.4) is 0 Å². The average molecular weight is 351 g/mol. The zero-order chi connectivity index (χ0) is 17.2. The van der Waals surface area contributed by atoms with Gasteiger partial charge in [0.1, 0.15) is 11.6 Å². The number of ether oxygens (including phenoxy) is 1. The molecule has 0 amide bonds. The Morgan fingerprint density at radius 3 is 2.80 bits per heavy atom. The van der Waals surface area contributed by atoms with Crippen LogP contribution in [-0.2, 0) is 0 Å². The van der Waals surface area contributed by atoms with Crippen LogP contribution in [0.5, 0.6) is 5.75 Å². The summed E-state index contributed by atoms with van der Waals surface area (Å²) in [5, 5.41) is 8.32. The maximum absolute atomic E-state index is 6.04. The van der Waals surface area contributed by atoms with Crippen LogP contribution in [0.15, 0.2) is 67.0 Å². The first-order valence-electron chi connectivity index (χ1n) is 7.74. The smallest absolute Gasteiger partial charge is 0.165 e. The van der Waals surface area contributed by atoms with Gasteiger partial charge in [-0.1, -0.05) is 29.8 Å². The summed E-state index contributed by atoms with van der Waals surface area (Å²) in [5.41, 5.74) is 3.59. The van der Waals surface area contributed by atoms with Gasteiger partial charge >= 0.3 is 0 Å². The summed E-state index contributed by atoms with van der Waals surface area (Å²) in [6, 6.07) is 17.2. The van der Waals surface area contributed by atoms with Crippen LogP contribution in [0.4, 0.5) is 11.5 Å². The number of hydrogen-bond donors (Lipinski definition) is 1. The number of halogens is 1. The highest BCUT2D eigenvalue weighted by atomic mass is 35.5. The minimum atomic E-state index is 0.674. The van der Waals surface area contributed by atoms with E-state index in [1.807, 2.05) is 60.8 Å². The lowest BCUT2D eigenvalue weighted by atomic mass is 10.1. The molecule has 0 aliphatic rings. The van der Waals surface area contributed by atoms with Crippen molar-refractivity contribution < 1.29 is 4.74 Å². The molecule has 0 spiro atoms. The second-order valence-electron chi connectivity index (χ2n) is 5.51. The summed E-state index contributed by atoms with van der Waals surface area (Å²) in [6.45, 7) is 0. The molecule has 124 valence electrons. The Morgan fingerprint density at radius 1 is 1.08 bits per heavy atom. The highest BCUT2D eigenvalue weighted by Crippen LogP contribution is 2.28. The van der Waals surface area contributed by atoms with E-state index in [4.69, 9.17) is 21.3 Å². The number of hydrogen-bond acceptors (Lipinski definition) is 4. The number of anilines is 2. The third-order valence-corrected chi connectivity index (χ3v) is 4.08. The van der Waals surface area contributed by atoms with Crippen molar-refractivity contribution in [3.63, 3.8) is 0 Å². The van der Waals surface area contributed by atoms with E-state index in [0.29, 0.717) is 5.02 Å². The van der Waals surface area contributed by atoms with E-state index in [0.717, 1.165) is 34.0 Å². The first-order chi connectivity index (χ1) is 12.2. The number of nitrogens with zero attached hydrogens (tertiary/aromatic N) is 3. The number of rotatable bonds is 4. The standard InChI is InChI=1S/C19H15ClN4O/c1-25-16-7-2-4-13(10-16)17-12-21-24-9-8-18(23-19(17)24)22-15-6-3-5-14(20)11-15/h2-12H,1H3,(H,22,23). The van der Waals surface area contributed by atoms with Gasteiger partial charge in [-0.25, -0.2) is 9.50 Å². The molecule has 2 heterocycles. The maximum atomic E-state index is 6.04. The van der Waals surface area contributed by atoms with E-state index < -0.39 is 0 Å². The molecule has 4 aromatic rings. The second kappa shape index (κ2) is 6.45. The molecule has 2 aromatic heterocycles. The lowest BCUT2D eigenvalue weighted by molar-refractivity contribution is 0.415. The van der Waals surface area contributed by atoms with Crippen molar-refractivity contribution in [2.45, 2.75) is 0 Å². The molecule has 0 aliphatic heterocycles. The largest absolute Gasteiger partial charge is 0.497 e. The van der Waals surface area contributed by atoms with E-state index in [1.165, 1.54) is 0 Å². The Hall–Kier alpha value is -3.05. The average Bonchev–Trinajstić information content (AvgIpc) is 3.05. The third kappa shape index (κ3) is 3.14. The van der Waals surface area contributed by atoms with Gasteiger partial charge in [-0.15, -0.1) is 0 Å². The van der Waals surface area contributed by atoms with E-state index in [-0.39, 0.29) is 0 Å². The quantitative estimate of drug-likeness (QED) is 0.574. The van der Waals surface area contributed by atoms with Gasteiger partial charge in [0.2, 0.25) is 0 Å². The molecule has 0 radical (unpaired) electrons. The van der Waals surface area contributed by atoms with Crippen molar-refractivity contribution in [2.75, 3.05) is 12.4 Å². The Balaban J connectivity index is 1.74. The van der Waals surface area contributed by atoms with Crippen LogP contribution in [-0.4, -0.2) is 21.7 Å². The lowest BCUT2D eigenvalue weighted by Crippen LogP contribution is -1.97. The summed E-state index contributed by atoms with van der Waals surface area (Å²) < 4.78 is 7.05. The zero-order valence-electron chi connectivity index (χ0n) is 13.5. The molecule has 0 unspecified atom stereocenters. The highest BCUT2D eigenvalue weighted by Gasteiger charge is 2.10. The molecule has 0 saturated heterocycles. The summed E-state index contributed by atoms with van der Waals surface area (Å²) in [7, 11) is 1.65. The number of methoxy groups -OCH3 is 1. The Labute approximate surface area is 149 Å². The van der Waals surface area contributed by atoms with Gasteiger partial charge < -0.3 is 10.1 Å². The molecule has 0 saturated carbocycles.